The average molecular weight is 200 g/mol. The summed E-state index contributed by atoms with van der Waals surface area (Å²) in [5, 5.41) is 9.16. The monoisotopic (exact) mass is 200 g/mol. The Morgan fingerprint density at radius 1 is 1.50 bits per heavy atom. The van der Waals surface area contributed by atoms with Gasteiger partial charge in [-0.1, -0.05) is 6.42 Å². The summed E-state index contributed by atoms with van der Waals surface area (Å²) in [4.78, 5) is 2.29. The number of aliphatic hydroxyl groups is 1. The van der Waals surface area contributed by atoms with Gasteiger partial charge >= 0.3 is 0 Å². The number of aliphatic hydroxyl groups excluding tert-OH is 1. The van der Waals surface area contributed by atoms with Crippen molar-refractivity contribution in [3.63, 3.8) is 0 Å². The molecular weight excluding hydrogens is 176 g/mol. The maximum Gasteiger partial charge on any atom is 0.0524 e. The van der Waals surface area contributed by atoms with Crippen LogP contribution in [0.2, 0.25) is 0 Å². The molecule has 0 aliphatic heterocycles. The summed E-state index contributed by atoms with van der Waals surface area (Å²) in [6.07, 6.45) is 4.43. The molecule has 0 saturated heterocycles. The van der Waals surface area contributed by atoms with Crippen LogP contribution >= 0.6 is 0 Å². The predicted octanol–water partition coefficient (Wildman–Crippen LogP) is 0.817. The lowest BCUT2D eigenvalue weighted by Crippen LogP contribution is -2.35. The standard InChI is InChI=1S/C11H24N2O/c1-9(14)6-7-13(2)8-10-4-3-5-11(10)12/h9-11,14H,3-8,12H2,1-2H3. The first-order chi connectivity index (χ1) is 6.59. The van der Waals surface area contributed by atoms with Crippen molar-refractivity contribution in [3.05, 3.63) is 0 Å². The highest BCUT2D eigenvalue weighted by Crippen LogP contribution is 2.24. The molecule has 0 spiro atoms. The maximum absolute atomic E-state index is 9.16. The Hall–Kier alpha value is -0.120. The molecule has 1 fully saturated rings. The molecule has 0 amide bonds. The largest absolute Gasteiger partial charge is 0.393 e. The van der Waals surface area contributed by atoms with Crippen molar-refractivity contribution >= 4 is 0 Å². The summed E-state index contributed by atoms with van der Waals surface area (Å²) in [7, 11) is 2.12. The van der Waals surface area contributed by atoms with Crippen LogP contribution in [0.3, 0.4) is 0 Å². The van der Waals surface area contributed by atoms with E-state index in [1.165, 1.54) is 19.3 Å². The molecule has 3 nitrogen and oxygen atoms in total. The van der Waals surface area contributed by atoms with Crippen molar-refractivity contribution in [1.29, 1.82) is 0 Å². The third kappa shape index (κ3) is 3.95. The highest BCUT2D eigenvalue weighted by Gasteiger charge is 2.24. The first-order valence-corrected chi connectivity index (χ1v) is 5.71. The summed E-state index contributed by atoms with van der Waals surface area (Å²) in [5.41, 5.74) is 6.01. The molecule has 0 aromatic rings. The first kappa shape index (κ1) is 12.0. The van der Waals surface area contributed by atoms with E-state index in [9.17, 15) is 0 Å². The SMILES string of the molecule is CC(O)CCN(C)CC1CCCC1N. The van der Waals surface area contributed by atoms with Crippen LogP contribution in [0.4, 0.5) is 0 Å². The molecule has 1 aliphatic carbocycles. The van der Waals surface area contributed by atoms with Crippen LogP contribution in [-0.2, 0) is 0 Å². The van der Waals surface area contributed by atoms with Crippen molar-refractivity contribution < 1.29 is 5.11 Å². The Balaban J connectivity index is 2.16. The lowest BCUT2D eigenvalue weighted by atomic mass is 10.0. The normalized spacial score (nSPS) is 29.8. The summed E-state index contributed by atoms with van der Waals surface area (Å²) in [6, 6.07) is 0.406. The fourth-order valence-electron chi connectivity index (χ4n) is 2.19. The Morgan fingerprint density at radius 3 is 2.71 bits per heavy atom. The fraction of sp³-hybridized carbons (Fsp3) is 1.00. The number of hydrogen-bond donors (Lipinski definition) is 2. The third-order valence-corrected chi connectivity index (χ3v) is 3.19. The molecule has 3 N–H and O–H groups in total. The van der Waals surface area contributed by atoms with Crippen LogP contribution in [0.5, 0.6) is 0 Å². The van der Waals surface area contributed by atoms with E-state index in [1.807, 2.05) is 6.92 Å². The fourth-order valence-corrected chi connectivity index (χ4v) is 2.19. The van der Waals surface area contributed by atoms with Crippen molar-refractivity contribution in [2.24, 2.45) is 11.7 Å². The van der Waals surface area contributed by atoms with Crippen molar-refractivity contribution in [1.82, 2.24) is 4.90 Å². The van der Waals surface area contributed by atoms with Gasteiger partial charge in [0.25, 0.3) is 0 Å². The minimum Gasteiger partial charge on any atom is -0.393 e. The zero-order chi connectivity index (χ0) is 10.6. The van der Waals surface area contributed by atoms with Gasteiger partial charge in [0.05, 0.1) is 6.10 Å². The Bertz CT molecular complexity index is 161. The second-order valence-corrected chi connectivity index (χ2v) is 4.75. The van der Waals surface area contributed by atoms with Gasteiger partial charge in [0.2, 0.25) is 0 Å². The van der Waals surface area contributed by atoms with E-state index < -0.39 is 0 Å². The van der Waals surface area contributed by atoms with Gasteiger partial charge < -0.3 is 15.7 Å². The molecular formula is C11H24N2O. The lowest BCUT2D eigenvalue weighted by Gasteiger charge is -2.23. The van der Waals surface area contributed by atoms with Gasteiger partial charge in [-0.25, -0.2) is 0 Å². The van der Waals surface area contributed by atoms with E-state index in [4.69, 9.17) is 10.8 Å². The van der Waals surface area contributed by atoms with Gasteiger partial charge in [-0.05, 0) is 39.2 Å². The quantitative estimate of drug-likeness (QED) is 0.690. The number of nitrogens with zero attached hydrogens (tertiary/aromatic N) is 1. The van der Waals surface area contributed by atoms with Crippen LogP contribution in [0.15, 0.2) is 0 Å². The molecule has 3 atom stereocenters. The van der Waals surface area contributed by atoms with Crippen LogP contribution in [-0.4, -0.2) is 42.3 Å². The molecule has 84 valence electrons. The van der Waals surface area contributed by atoms with E-state index >= 15 is 0 Å². The van der Waals surface area contributed by atoms with E-state index in [-0.39, 0.29) is 6.10 Å². The number of rotatable bonds is 5. The zero-order valence-corrected chi connectivity index (χ0v) is 9.45. The zero-order valence-electron chi connectivity index (χ0n) is 9.45. The molecule has 0 radical (unpaired) electrons. The molecule has 3 unspecified atom stereocenters. The molecule has 0 heterocycles. The Morgan fingerprint density at radius 2 is 2.21 bits per heavy atom. The molecule has 3 heteroatoms. The minimum absolute atomic E-state index is 0.185. The minimum atomic E-state index is -0.185. The predicted molar refractivity (Wildman–Crippen MR) is 59.1 cm³/mol. The Kier molecular flexibility index (Phi) is 4.85. The van der Waals surface area contributed by atoms with E-state index in [1.54, 1.807) is 0 Å². The molecule has 0 bridgehead atoms. The number of nitrogens with two attached hydrogens (primary N) is 1. The highest BCUT2D eigenvalue weighted by atomic mass is 16.3. The van der Waals surface area contributed by atoms with Crippen molar-refractivity contribution in [3.8, 4) is 0 Å². The van der Waals surface area contributed by atoms with Crippen LogP contribution in [0.25, 0.3) is 0 Å². The van der Waals surface area contributed by atoms with Gasteiger partial charge in [0.15, 0.2) is 0 Å². The van der Waals surface area contributed by atoms with Gasteiger partial charge in [-0.2, -0.15) is 0 Å². The maximum atomic E-state index is 9.16. The van der Waals surface area contributed by atoms with E-state index in [0.29, 0.717) is 12.0 Å². The molecule has 1 aliphatic rings. The van der Waals surface area contributed by atoms with Gasteiger partial charge in [-0.15, -0.1) is 0 Å². The lowest BCUT2D eigenvalue weighted by molar-refractivity contribution is 0.157. The second-order valence-electron chi connectivity index (χ2n) is 4.75. The number of hydrogen-bond acceptors (Lipinski definition) is 3. The van der Waals surface area contributed by atoms with Crippen molar-refractivity contribution in [2.75, 3.05) is 20.1 Å². The van der Waals surface area contributed by atoms with E-state index in [0.717, 1.165) is 19.5 Å². The summed E-state index contributed by atoms with van der Waals surface area (Å²) in [6.45, 7) is 3.91. The summed E-state index contributed by atoms with van der Waals surface area (Å²) < 4.78 is 0. The molecule has 14 heavy (non-hydrogen) atoms. The molecule has 1 saturated carbocycles. The first-order valence-electron chi connectivity index (χ1n) is 5.71. The molecule has 1 rings (SSSR count). The van der Waals surface area contributed by atoms with Gasteiger partial charge in [0, 0.05) is 19.1 Å². The highest BCUT2D eigenvalue weighted by molar-refractivity contribution is 4.81. The van der Waals surface area contributed by atoms with E-state index in [2.05, 4.69) is 11.9 Å². The van der Waals surface area contributed by atoms with Crippen LogP contribution in [0.1, 0.15) is 32.6 Å². The topological polar surface area (TPSA) is 49.5 Å². The van der Waals surface area contributed by atoms with Crippen molar-refractivity contribution in [2.45, 2.75) is 44.8 Å². The summed E-state index contributed by atoms with van der Waals surface area (Å²) in [5.74, 6) is 0.675. The van der Waals surface area contributed by atoms with Crippen LogP contribution < -0.4 is 5.73 Å². The third-order valence-electron chi connectivity index (χ3n) is 3.19. The van der Waals surface area contributed by atoms with Gasteiger partial charge in [0.1, 0.15) is 0 Å². The second kappa shape index (κ2) is 5.69. The smallest absolute Gasteiger partial charge is 0.0524 e. The molecule has 0 aromatic carbocycles. The van der Waals surface area contributed by atoms with Gasteiger partial charge in [-0.3, -0.25) is 0 Å². The molecule has 0 aromatic heterocycles. The average Bonchev–Trinajstić information content (AvgIpc) is 2.49. The van der Waals surface area contributed by atoms with Crippen LogP contribution in [0, 0.1) is 5.92 Å². The Labute approximate surface area is 87.3 Å². The summed E-state index contributed by atoms with van der Waals surface area (Å²) >= 11 is 0.